The number of ether oxygens (including phenoxy) is 2. The van der Waals surface area contributed by atoms with E-state index in [1.54, 1.807) is 44.2 Å². The van der Waals surface area contributed by atoms with Crippen molar-refractivity contribution in [2.75, 3.05) is 13.2 Å². The van der Waals surface area contributed by atoms with Gasteiger partial charge in [-0.1, -0.05) is 113 Å². The maximum Gasteiger partial charge on any atom is 0.322 e. The largest absolute Gasteiger partial charge is 0.465 e. The number of halogens is 2. The molecule has 0 saturated heterocycles. The molecular weight excluding hydrogens is 776 g/mol. The fourth-order valence-corrected chi connectivity index (χ4v) is 7.88. The Kier molecular flexibility index (Phi) is 22.2. The second-order valence-corrected chi connectivity index (χ2v) is 15.7. The Labute approximate surface area is 311 Å². The second-order valence-electron chi connectivity index (χ2n) is 11.6. The van der Waals surface area contributed by atoms with Crippen molar-refractivity contribution < 1.29 is 37.7 Å². The lowest BCUT2D eigenvalue weighted by Crippen LogP contribution is -2.31. The molecular formula is C38H56Br2O8S. The number of aliphatic hydroxyl groups excluding tert-OH is 2. The Morgan fingerprint density at radius 3 is 1.57 bits per heavy atom. The average Bonchev–Trinajstić information content (AvgIpc) is 3.10. The molecule has 0 bridgehead atoms. The number of hydrogen-bond acceptors (Lipinski definition) is 8. The van der Waals surface area contributed by atoms with Crippen molar-refractivity contribution in [3.8, 4) is 0 Å². The highest BCUT2D eigenvalue weighted by Crippen LogP contribution is 2.27. The van der Waals surface area contributed by atoms with Crippen LogP contribution in [0, 0.1) is 0 Å². The number of carbonyl (C=O) groups is 2. The van der Waals surface area contributed by atoms with Crippen molar-refractivity contribution in [1.29, 1.82) is 0 Å². The lowest BCUT2D eigenvalue weighted by molar-refractivity contribution is -0.144. The molecule has 0 aliphatic heterocycles. The number of allylic oxidation sites excluding steroid dienone is 5. The van der Waals surface area contributed by atoms with Crippen LogP contribution in [-0.4, -0.2) is 70.9 Å². The van der Waals surface area contributed by atoms with Crippen molar-refractivity contribution in [2.45, 2.75) is 131 Å². The molecule has 2 N–H and O–H groups in total. The number of rotatable bonds is 23. The van der Waals surface area contributed by atoms with Crippen LogP contribution in [0.2, 0.25) is 0 Å². The summed E-state index contributed by atoms with van der Waals surface area (Å²) in [5.41, 5.74) is 3.56. The minimum absolute atomic E-state index is 0.225. The number of aliphatic hydroxyl groups is 2. The minimum atomic E-state index is -3.70. The topological polar surface area (TPSA) is 127 Å². The molecule has 5 unspecified atom stereocenters. The van der Waals surface area contributed by atoms with Gasteiger partial charge in [0.1, 0.15) is 9.65 Å². The van der Waals surface area contributed by atoms with Crippen LogP contribution >= 0.6 is 31.9 Å². The molecule has 0 fully saturated rings. The quantitative estimate of drug-likeness (QED) is 0.0639. The van der Waals surface area contributed by atoms with E-state index in [1.807, 2.05) is 52.0 Å². The van der Waals surface area contributed by atoms with Gasteiger partial charge in [0.2, 0.25) is 0 Å². The molecule has 11 heteroatoms. The molecule has 8 nitrogen and oxygen atoms in total. The molecule has 1 aromatic carbocycles. The predicted molar refractivity (Wildman–Crippen MR) is 205 cm³/mol. The number of hydrogen-bond donors (Lipinski definition) is 2. The first-order chi connectivity index (χ1) is 23.3. The van der Waals surface area contributed by atoms with Gasteiger partial charge in [-0.25, -0.2) is 8.42 Å². The SMILES string of the molecule is CCOC(=O)C(Br)C(O)C(=CCCC(=CCC(C=C(CC)CCC=C(CC)C(O)C(Br)C(=O)OCC)S(=O)(=O)c1ccccc1)CC)CC. The summed E-state index contributed by atoms with van der Waals surface area (Å²) < 4.78 is 37.9. The van der Waals surface area contributed by atoms with E-state index in [9.17, 15) is 28.2 Å². The highest BCUT2D eigenvalue weighted by Gasteiger charge is 2.29. The van der Waals surface area contributed by atoms with Crippen LogP contribution < -0.4 is 0 Å². The first-order valence-electron chi connectivity index (χ1n) is 17.3. The summed E-state index contributed by atoms with van der Waals surface area (Å²) in [5.74, 6) is -1.02. The zero-order valence-corrected chi connectivity index (χ0v) is 33.9. The van der Waals surface area contributed by atoms with E-state index in [2.05, 4.69) is 31.9 Å². The van der Waals surface area contributed by atoms with Gasteiger partial charge in [-0.15, -0.1) is 0 Å². The van der Waals surface area contributed by atoms with Gasteiger partial charge in [0.15, 0.2) is 9.84 Å². The van der Waals surface area contributed by atoms with Crippen LogP contribution in [0.15, 0.2) is 81.8 Å². The van der Waals surface area contributed by atoms with Crippen molar-refractivity contribution in [3.63, 3.8) is 0 Å². The fraction of sp³-hybridized carbons (Fsp3) is 0.579. The average molecular weight is 833 g/mol. The maximum absolute atomic E-state index is 13.9. The number of esters is 2. The normalized spacial score (nSPS) is 16.4. The monoisotopic (exact) mass is 830 g/mol. The maximum atomic E-state index is 13.9. The summed E-state index contributed by atoms with van der Waals surface area (Å²) in [6, 6.07) is 8.49. The predicted octanol–water partition coefficient (Wildman–Crippen LogP) is 8.50. The molecule has 49 heavy (non-hydrogen) atoms. The zero-order chi connectivity index (χ0) is 37.0. The lowest BCUT2D eigenvalue weighted by atomic mass is 9.98. The smallest absolute Gasteiger partial charge is 0.322 e. The van der Waals surface area contributed by atoms with Gasteiger partial charge < -0.3 is 19.7 Å². The van der Waals surface area contributed by atoms with Crippen LogP contribution in [0.4, 0.5) is 0 Å². The molecule has 0 radical (unpaired) electrons. The number of alkyl halides is 2. The van der Waals surface area contributed by atoms with Crippen LogP contribution in [0.1, 0.15) is 99.3 Å². The van der Waals surface area contributed by atoms with Gasteiger partial charge in [-0.05, 0) is 94.9 Å². The summed E-state index contributed by atoms with van der Waals surface area (Å²) in [4.78, 5) is 22.8. The molecule has 0 amide bonds. The van der Waals surface area contributed by atoms with E-state index in [1.165, 1.54) is 0 Å². The molecule has 0 saturated carbocycles. The standard InChI is InChI=1S/C38H56Br2O8S/c1-7-27(18-16-20-29(9-3)35(41)33(39)37(43)47-11-5)24-25-32(49(45,46)31-22-14-13-15-23-31)26-28(8-2)19-17-21-30(10-4)36(42)34(40)38(44)48-12-6/h13-15,20-24,26,32-36,41-42H,7-12,16-19,25H2,1-6H3. The minimum Gasteiger partial charge on any atom is -0.465 e. The molecule has 1 aromatic rings. The molecule has 0 aliphatic rings. The number of benzene rings is 1. The first-order valence-corrected chi connectivity index (χ1v) is 20.7. The van der Waals surface area contributed by atoms with Crippen LogP contribution in [0.3, 0.4) is 0 Å². The van der Waals surface area contributed by atoms with E-state index >= 15 is 0 Å². The van der Waals surface area contributed by atoms with Crippen molar-refractivity contribution >= 4 is 53.6 Å². The highest BCUT2D eigenvalue weighted by molar-refractivity contribution is 9.10. The first kappa shape index (κ1) is 45.0. The van der Waals surface area contributed by atoms with E-state index in [4.69, 9.17) is 9.47 Å². The van der Waals surface area contributed by atoms with Crippen molar-refractivity contribution in [2.24, 2.45) is 0 Å². The molecule has 0 aliphatic carbocycles. The Morgan fingerprint density at radius 1 is 0.714 bits per heavy atom. The summed E-state index contributed by atoms with van der Waals surface area (Å²) in [6.07, 6.45) is 11.1. The summed E-state index contributed by atoms with van der Waals surface area (Å²) >= 11 is 6.53. The zero-order valence-electron chi connectivity index (χ0n) is 29.9. The lowest BCUT2D eigenvalue weighted by Gasteiger charge is -2.19. The van der Waals surface area contributed by atoms with Gasteiger partial charge in [0.05, 0.1) is 35.6 Å². The molecule has 0 heterocycles. The molecule has 276 valence electrons. The third kappa shape index (κ3) is 15.0. The van der Waals surface area contributed by atoms with Gasteiger partial charge in [0, 0.05) is 0 Å². The summed E-state index contributed by atoms with van der Waals surface area (Å²) in [6.45, 7) is 11.8. The molecule has 1 rings (SSSR count). The van der Waals surface area contributed by atoms with Gasteiger partial charge in [-0.2, -0.15) is 0 Å². The summed E-state index contributed by atoms with van der Waals surface area (Å²) in [7, 11) is -3.70. The van der Waals surface area contributed by atoms with Crippen LogP contribution in [0.5, 0.6) is 0 Å². The third-order valence-electron chi connectivity index (χ3n) is 8.34. The molecule has 0 spiro atoms. The number of sulfone groups is 1. The Morgan fingerprint density at radius 2 is 1.16 bits per heavy atom. The van der Waals surface area contributed by atoms with Crippen LogP contribution in [-0.2, 0) is 28.9 Å². The highest BCUT2D eigenvalue weighted by atomic mass is 79.9. The third-order valence-corrected chi connectivity index (χ3v) is 12.1. The van der Waals surface area contributed by atoms with E-state index in [-0.39, 0.29) is 18.1 Å². The Bertz CT molecular complexity index is 1390. The van der Waals surface area contributed by atoms with Crippen molar-refractivity contribution in [3.05, 3.63) is 76.9 Å². The molecule has 0 aromatic heterocycles. The fourth-order valence-electron chi connectivity index (χ4n) is 5.33. The van der Waals surface area contributed by atoms with Gasteiger partial charge in [0.25, 0.3) is 0 Å². The van der Waals surface area contributed by atoms with Crippen molar-refractivity contribution in [1.82, 2.24) is 0 Å². The Balaban J connectivity index is 3.26. The second kappa shape index (κ2) is 24.2. The van der Waals surface area contributed by atoms with Crippen LogP contribution in [0.25, 0.3) is 0 Å². The van der Waals surface area contributed by atoms with E-state index in [0.29, 0.717) is 51.4 Å². The van der Waals surface area contributed by atoms with E-state index in [0.717, 1.165) is 28.7 Å². The van der Waals surface area contributed by atoms with Gasteiger partial charge >= 0.3 is 11.9 Å². The Hall–Kier alpha value is -2.05. The summed E-state index contributed by atoms with van der Waals surface area (Å²) in [5, 5.41) is 20.7. The van der Waals surface area contributed by atoms with E-state index < -0.39 is 48.9 Å². The number of carbonyl (C=O) groups excluding carboxylic acids is 2. The molecule has 5 atom stereocenters. The van der Waals surface area contributed by atoms with Gasteiger partial charge in [-0.3, -0.25) is 9.59 Å².